The predicted molar refractivity (Wildman–Crippen MR) is 91.7 cm³/mol. The normalized spacial score (nSPS) is 12.6. The maximum absolute atomic E-state index is 11.6. The summed E-state index contributed by atoms with van der Waals surface area (Å²) in [7, 11) is 1.85. The molecule has 0 spiro atoms. The van der Waals surface area contributed by atoms with E-state index in [-0.39, 0.29) is 16.5 Å². The maximum atomic E-state index is 11.6. The van der Waals surface area contributed by atoms with Crippen molar-refractivity contribution in [3.8, 4) is 0 Å². The molecule has 23 heavy (non-hydrogen) atoms. The van der Waals surface area contributed by atoms with Crippen molar-refractivity contribution >= 4 is 44.1 Å². The van der Waals surface area contributed by atoms with Gasteiger partial charge in [-0.05, 0) is 26.1 Å². The molecule has 120 valence electrons. The Morgan fingerprint density at radius 2 is 2.26 bits per heavy atom. The molecule has 3 aromatic rings. The van der Waals surface area contributed by atoms with Crippen molar-refractivity contribution in [3.63, 3.8) is 0 Å². The molecule has 4 N–H and O–H groups in total. The van der Waals surface area contributed by atoms with E-state index >= 15 is 0 Å². The SMILES string of the molecule is CNC(C)CNc1c(C(=O)O)sc2ccc3[nH]c(=O)cnc3c12. The Morgan fingerprint density at radius 3 is 2.96 bits per heavy atom. The van der Waals surface area contributed by atoms with Gasteiger partial charge in [-0.15, -0.1) is 11.3 Å². The van der Waals surface area contributed by atoms with Gasteiger partial charge in [-0.3, -0.25) is 4.79 Å². The fourth-order valence-electron chi connectivity index (χ4n) is 2.37. The highest BCUT2D eigenvalue weighted by Gasteiger charge is 2.20. The molecule has 2 heterocycles. The second-order valence-electron chi connectivity index (χ2n) is 5.26. The molecule has 7 nitrogen and oxygen atoms in total. The van der Waals surface area contributed by atoms with E-state index < -0.39 is 5.97 Å². The molecule has 1 atom stereocenters. The first-order valence-electron chi connectivity index (χ1n) is 7.10. The summed E-state index contributed by atoms with van der Waals surface area (Å²) >= 11 is 1.20. The van der Waals surface area contributed by atoms with Crippen LogP contribution in [0.2, 0.25) is 0 Å². The summed E-state index contributed by atoms with van der Waals surface area (Å²) in [5.41, 5.74) is 1.43. The zero-order chi connectivity index (χ0) is 16.6. The van der Waals surface area contributed by atoms with Gasteiger partial charge in [0.25, 0.3) is 5.56 Å². The average Bonchev–Trinajstić information content (AvgIpc) is 2.91. The van der Waals surface area contributed by atoms with Crippen LogP contribution < -0.4 is 16.2 Å². The van der Waals surface area contributed by atoms with E-state index in [0.717, 1.165) is 10.1 Å². The number of hydrogen-bond acceptors (Lipinski definition) is 6. The Balaban J connectivity index is 2.25. The maximum Gasteiger partial charge on any atom is 0.348 e. The van der Waals surface area contributed by atoms with Crippen LogP contribution in [0.5, 0.6) is 0 Å². The Kier molecular flexibility index (Phi) is 4.01. The van der Waals surface area contributed by atoms with Gasteiger partial charge in [0.05, 0.1) is 22.9 Å². The lowest BCUT2D eigenvalue weighted by atomic mass is 10.1. The third kappa shape index (κ3) is 2.78. The standard InChI is InChI=1S/C15H16N4O3S/c1-7(16-2)5-17-13-11-9(23-14(13)15(21)22)4-3-8-12(11)18-6-10(20)19-8/h3-4,6-7,16-17H,5H2,1-2H3,(H,19,20)(H,21,22). The van der Waals surface area contributed by atoms with Gasteiger partial charge in [0.2, 0.25) is 0 Å². The van der Waals surface area contributed by atoms with Crippen molar-refractivity contribution in [2.45, 2.75) is 13.0 Å². The molecule has 0 fully saturated rings. The van der Waals surface area contributed by atoms with Gasteiger partial charge >= 0.3 is 5.97 Å². The highest BCUT2D eigenvalue weighted by molar-refractivity contribution is 7.21. The lowest BCUT2D eigenvalue weighted by Crippen LogP contribution is -2.29. The van der Waals surface area contributed by atoms with E-state index in [1.807, 2.05) is 14.0 Å². The summed E-state index contributed by atoms with van der Waals surface area (Å²) in [5.74, 6) is -0.983. The number of anilines is 1. The highest BCUT2D eigenvalue weighted by Crippen LogP contribution is 2.39. The van der Waals surface area contributed by atoms with Crippen LogP contribution in [-0.4, -0.2) is 40.7 Å². The first-order valence-corrected chi connectivity index (χ1v) is 7.92. The molecule has 0 amide bonds. The van der Waals surface area contributed by atoms with Crippen molar-refractivity contribution in [1.82, 2.24) is 15.3 Å². The number of aromatic carboxylic acids is 1. The third-order valence-corrected chi connectivity index (χ3v) is 4.81. The number of carboxylic acids is 1. The summed E-state index contributed by atoms with van der Waals surface area (Å²) in [6.45, 7) is 2.57. The molecule has 0 aliphatic rings. The van der Waals surface area contributed by atoms with E-state index in [0.29, 0.717) is 23.3 Å². The molecule has 0 saturated carbocycles. The number of aromatic amines is 1. The van der Waals surface area contributed by atoms with Crippen LogP contribution in [-0.2, 0) is 0 Å². The van der Waals surface area contributed by atoms with Gasteiger partial charge in [-0.1, -0.05) is 0 Å². The second-order valence-corrected chi connectivity index (χ2v) is 6.32. The van der Waals surface area contributed by atoms with Crippen LogP contribution in [0.4, 0.5) is 5.69 Å². The summed E-state index contributed by atoms with van der Waals surface area (Å²) in [5, 5.41) is 16.5. The Labute approximate surface area is 135 Å². The molecular weight excluding hydrogens is 316 g/mol. The Bertz CT molecular complexity index is 947. The van der Waals surface area contributed by atoms with Crippen LogP contribution in [0.15, 0.2) is 23.1 Å². The number of likely N-dealkylation sites (N-methyl/N-ethyl adjacent to an activating group) is 1. The topological polar surface area (TPSA) is 107 Å². The van der Waals surface area contributed by atoms with Gasteiger partial charge in [0.1, 0.15) is 4.88 Å². The Hall–Kier alpha value is -2.45. The molecule has 0 aliphatic heterocycles. The van der Waals surface area contributed by atoms with Crippen molar-refractivity contribution in [1.29, 1.82) is 0 Å². The lowest BCUT2D eigenvalue weighted by molar-refractivity contribution is 0.0703. The second kappa shape index (κ2) is 5.98. The minimum absolute atomic E-state index is 0.175. The fourth-order valence-corrected chi connectivity index (χ4v) is 3.39. The summed E-state index contributed by atoms with van der Waals surface area (Å²) < 4.78 is 0.814. The number of hydrogen-bond donors (Lipinski definition) is 4. The number of rotatable bonds is 5. The number of nitrogens with one attached hydrogen (secondary N) is 3. The van der Waals surface area contributed by atoms with Gasteiger partial charge in [-0.25, -0.2) is 9.78 Å². The molecular formula is C15H16N4O3S. The number of nitrogens with zero attached hydrogens (tertiary/aromatic N) is 1. The van der Waals surface area contributed by atoms with E-state index in [1.165, 1.54) is 17.5 Å². The van der Waals surface area contributed by atoms with Gasteiger partial charge < -0.3 is 20.7 Å². The van der Waals surface area contributed by atoms with Crippen LogP contribution in [0.3, 0.4) is 0 Å². The average molecular weight is 332 g/mol. The van der Waals surface area contributed by atoms with Crippen LogP contribution in [0.25, 0.3) is 21.1 Å². The van der Waals surface area contributed by atoms with Gasteiger partial charge in [0, 0.05) is 22.7 Å². The number of benzene rings is 1. The molecule has 0 radical (unpaired) electrons. The minimum Gasteiger partial charge on any atom is -0.477 e. The summed E-state index contributed by atoms with van der Waals surface area (Å²) in [6, 6.07) is 3.72. The van der Waals surface area contributed by atoms with Crippen molar-refractivity contribution in [3.05, 3.63) is 33.6 Å². The Morgan fingerprint density at radius 1 is 1.48 bits per heavy atom. The summed E-state index contributed by atoms with van der Waals surface area (Å²) in [4.78, 5) is 30.2. The van der Waals surface area contributed by atoms with E-state index in [2.05, 4.69) is 20.6 Å². The number of fused-ring (bicyclic) bond motifs is 3. The molecule has 0 saturated heterocycles. The first-order chi connectivity index (χ1) is 11.0. The largest absolute Gasteiger partial charge is 0.477 e. The summed E-state index contributed by atoms with van der Waals surface area (Å²) in [6.07, 6.45) is 1.21. The number of carbonyl (C=O) groups is 1. The van der Waals surface area contributed by atoms with E-state index in [4.69, 9.17) is 0 Å². The van der Waals surface area contributed by atoms with Crippen LogP contribution >= 0.6 is 11.3 Å². The van der Waals surface area contributed by atoms with Gasteiger partial charge in [0.15, 0.2) is 0 Å². The van der Waals surface area contributed by atoms with Crippen LogP contribution in [0, 0.1) is 0 Å². The minimum atomic E-state index is -0.983. The molecule has 1 aromatic carbocycles. The monoisotopic (exact) mass is 332 g/mol. The van der Waals surface area contributed by atoms with E-state index in [1.54, 1.807) is 12.1 Å². The fraction of sp³-hybridized carbons (Fsp3) is 0.267. The van der Waals surface area contributed by atoms with Crippen molar-refractivity contribution in [2.24, 2.45) is 0 Å². The first kappa shape index (κ1) is 15.4. The number of thiophene rings is 1. The zero-order valence-electron chi connectivity index (χ0n) is 12.6. The van der Waals surface area contributed by atoms with E-state index in [9.17, 15) is 14.7 Å². The number of carboxylic acid groups (broad SMARTS) is 1. The number of H-pyrrole nitrogens is 1. The highest BCUT2D eigenvalue weighted by atomic mass is 32.1. The zero-order valence-corrected chi connectivity index (χ0v) is 13.5. The molecule has 0 aliphatic carbocycles. The quantitative estimate of drug-likeness (QED) is 0.568. The molecule has 2 aromatic heterocycles. The molecule has 8 heteroatoms. The van der Waals surface area contributed by atoms with Crippen LogP contribution in [0.1, 0.15) is 16.6 Å². The molecule has 1 unspecified atom stereocenters. The van der Waals surface area contributed by atoms with Crippen molar-refractivity contribution < 1.29 is 9.90 Å². The molecule has 0 bridgehead atoms. The van der Waals surface area contributed by atoms with Gasteiger partial charge in [-0.2, -0.15) is 0 Å². The predicted octanol–water partition coefficient (Wildman–Crippen LogP) is 1.86. The van der Waals surface area contributed by atoms with Crippen molar-refractivity contribution in [2.75, 3.05) is 18.9 Å². The molecule has 3 rings (SSSR count). The smallest absolute Gasteiger partial charge is 0.348 e. The lowest BCUT2D eigenvalue weighted by Gasteiger charge is -2.13. The third-order valence-electron chi connectivity index (χ3n) is 3.67. The number of aromatic nitrogens is 2.